The van der Waals surface area contributed by atoms with Crippen LogP contribution in [0.25, 0.3) is 0 Å². The third kappa shape index (κ3) is 9.00. The summed E-state index contributed by atoms with van der Waals surface area (Å²) < 4.78 is 0. The van der Waals surface area contributed by atoms with Crippen LogP contribution in [-0.2, 0) is 4.79 Å². The molecule has 1 aliphatic rings. The molecule has 112 valence electrons. The normalized spacial score (nSPS) is 17.4. The lowest BCUT2D eigenvalue weighted by Crippen LogP contribution is -2.36. The summed E-state index contributed by atoms with van der Waals surface area (Å²) in [5, 5.41) is 6.51. The molecule has 2 N–H and O–H groups in total. The van der Waals surface area contributed by atoms with Crippen LogP contribution < -0.4 is 10.6 Å². The first-order valence-electron chi connectivity index (χ1n) is 7.83. The van der Waals surface area contributed by atoms with E-state index in [-0.39, 0.29) is 5.91 Å². The van der Waals surface area contributed by atoms with Gasteiger partial charge in [-0.05, 0) is 46.4 Å². The van der Waals surface area contributed by atoms with Crippen molar-refractivity contribution in [2.24, 2.45) is 0 Å². The molecule has 0 aromatic carbocycles. The van der Waals surface area contributed by atoms with Crippen molar-refractivity contribution in [2.75, 3.05) is 33.7 Å². The van der Waals surface area contributed by atoms with Crippen LogP contribution in [0.15, 0.2) is 0 Å². The molecule has 1 fully saturated rings. The number of amides is 1. The zero-order valence-electron chi connectivity index (χ0n) is 12.7. The van der Waals surface area contributed by atoms with E-state index >= 15 is 0 Å². The van der Waals surface area contributed by atoms with Crippen molar-refractivity contribution in [1.29, 1.82) is 0 Å². The van der Waals surface area contributed by atoms with E-state index in [1.54, 1.807) is 0 Å². The minimum Gasteiger partial charge on any atom is -0.353 e. The highest BCUT2D eigenvalue weighted by atomic mass is 16.1. The summed E-state index contributed by atoms with van der Waals surface area (Å²) >= 11 is 0. The maximum atomic E-state index is 11.8. The van der Waals surface area contributed by atoms with E-state index in [0.29, 0.717) is 12.5 Å². The Labute approximate surface area is 118 Å². The van der Waals surface area contributed by atoms with Gasteiger partial charge >= 0.3 is 0 Å². The number of nitrogens with zero attached hydrogens (tertiary/aromatic N) is 1. The lowest BCUT2D eigenvalue weighted by Gasteiger charge is -2.16. The van der Waals surface area contributed by atoms with Gasteiger partial charge in [-0.1, -0.05) is 25.7 Å². The molecule has 0 aromatic heterocycles. The van der Waals surface area contributed by atoms with Crippen molar-refractivity contribution in [3.63, 3.8) is 0 Å². The van der Waals surface area contributed by atoms with E-state index in [9.17, 15) is 4.79 Å². The monoisotopic (exact) mass is 269 g/mol. The largest absolute Gasteiger partial charge is 0.353 e. The number of carbonyl (C=O) groups excluding carboxylic acids is 1. The van der Waals surface area contributed by atoms with Crippen LogP contribution in [0.2, 0.25) is 0 Å². The molecule has 1 saturated carbocycles. The average Bonchev–Trinajstić information content (AvgIpc) is 2.62. The highest BCUT2D eigenvalue weighted by Crippen LogP contribution is 2.17. The van der Waals surface area contributed by atoms with Gasteiger partial charge in [0.25, 0.3) is 0 Å². The fraction of sp³-hybridized carbons (Fsp3) is 0.933. The molecule has 0 aromatic rings. The molecular weight excluding hydrogens is 238 g/mol. The topological polar surface area (TPSA) is 44.4 Å². The van der Waals surface area contributed by atoms with E-state index in [1.807, 2.05) is 0 Å². The van der Waals surface area contributed by atoms with Crippen molar-refractivity contribution < 1.29 is 4.79 Å². The Morgan fingerprint density at radius 1 is 1.11 bits per heavy atom. The maximum absolute atomic E-state index is 11.8. The third-order valence-corrected chi connectivity index (χ3v) is 3.71. The molecule has 1 amide bonds. The van der Waals surface area contributed by atoms with Gasteiger partial charge in [0.15, 0.2) is 0 Å². The molecule has 0 atom stereocenters. The fourth-order valence-corrected chi connectivity index (χ4v) is 2.57. The van der Waals surface area contributed by atoms with Crippen LogP contribution in [0.4, 0.5) is 0 Å². The van der Waals surface area contributed by atoms with Gasteiger partial charge in [0, 0.05) is 19.0 Å². The molecule has 1 aliphatic carbocycles. The van der Waals surface area contributed by atoms with E-state index in [0.717, 1.165) is 26.1 Å². The Kier molecular flexibility index (Phi) is 8.84. The zero-order chi connectivity index (χ0) is 13.9. The first kappa shape index (κ1) is 16.4. The van der Waals surface area contributed by atoms with Crippen LogP contribution in [0, 0.1) is 0 Å². The second-order valence-corrected chi connectivity index (χ2v) is 5.91. The average molecular weight is 269 g/mol. The van der Waals surface area contributed by atoms with Gasteiger partial charge in [-0.2, -0.15) is 0 Å². The van der Waals surface area contributed by atoms with Crippen LogP contribution in [0.3, 0.4) is 0 Å². The number of nitrogens with one attached hydrogen (secondary N) is 2. The SMILES string of the molecule is CN(C)CCCNCCC(=O)NC1CCCCCC1. The van der Waals surface area contributed by atoms with Gasteiger partial charge in [-0.15, -0.1) is 0 Å². The number of hydrogen-bond donors (Lipinski definition) is 2. The molecule has 4 nitrogen and oxygen atoms in total. The van der Waals surface area contributed by atoms with Crippen LogP contribution in [-0.4, -0.2) is 50.6 Å². The molecule has 0 unspecified atom stereocenters. The summed E-state index contributed by atoms with van der Waals surface area (Å²) in [6.07, 6.45) is 9.29. The number of rotatable bonds is 8. The minimum absolute atomic E-state index is 0.215. The van der Waals surface area contributed by atoms with Gasteiger partial charge in [-0.3, -0.25) is 4.79 Å². The molecule has 0 saturated heterocycles. The van der Waals surface area contributed by atoms with E-state index in [1.165, 1.54) is 38.5 Å². The second-order valence-electron chi connectivity index (χ2n) is 5.91. The molecule has 0 aliphatic heterocycles. The summed E-state index contributed by atoms with van der Waals surface area (Å²) in [5.74, 6) is 0.215. The Balaban J connectivity index is 1.98. The predicted octanol–water partition coefficient (Wildman–Crippen LogP) is 1.76. The quantitative estimate of drug-likeness (QED) is 0.521. The van der Waals surface area contributed by atoms with Crippen molar-refractivity contribution in [3.05, 3.63) is 0 Å². The summed E-state index contributed by atoms with van der Waals surface area (Å²) in [4.78, 5) is 14.0. The molecule has 0 radical (unpaired) electrons. The lowest BCUT2D eigenvalue weighted by molar-refractivity contribution is -0.121. The standard InChI is InChI=1S/C15H31N3O/c1-18(2)13-7-11-16-12-10-15(19)17-14-8-5-3-4-6-9-14/h14,16H,3-13H2,1-2H3,(H,17,19). The van der Waals surface area contributed by atoms with E-state index in [2.05, 4.69) is 29.6 Å². The molecule has 19 heavy (non-hydrogen) atoms. The van der Waals surface area contributed by atoms with Crippen molar-refractivity contribution in [2.45, 2.75) is 57.4 Å². The predicted molar refractivity (Wildman–Crippen MR) is 80.3 cm³/mol. The first-order chi connectivity index (χ1) is 9.18. The Hall–Kier alpha value is -0.610. The van der Waals surface area contributed by atoms with Gasteiger partial charge in [0.2, 0.25) is 5.91 Å². The Bertz CT molecular complexity index is 236. The number of carbonyl (C=O) groups is 1. The minimum atomic E-state index is 0.215. The van der Waals surface area contributed by atoms with Crippen LogP contribution in [0.1, 0.15) is 51.4 Å². The van der Waals surface area contributed by atoms with Gasteiger partial charge in [0.05, 0.1) is 0 Å². The van der Waals surface area contributed by atoms with Crippen LogP contribution in [0.5, 0.6) is 0 Å². The van der Waals surface area contributed by atoms with Crippen molar-refractivity contribution >= 4 is 5.91 Å². The maximum Gasteiger partial charge on any atom is 0.221 e. The smallest absolute Gasteiger partial charge is 0.221 e. The molecule has 0 spiro atoms. The highest BCUT2D eigenvalue weighted by Gasteiger charge is 2.13. The molecule has 1 rings (SSSR count). The summed E-state index contributed by atoms with van der Waals surface area (Å²) in [6, 6.07) is 0.434. The first-order valence-corrected chi connectivity index (χ1v) is 7.83. The fourth-order valence-electron chi connectivity index (χ4n) is 2.57. The summed E-state index contributed by atoms with van der Waals surface area (Å²) in [5.41, 5.74) is 0. The molecule has 0 bridgehead atoms. The Morgan fingerprint density at radius 2 is 1.79 bits per heavy atom. The van der Waals surface area contributed by atoms with Gasteiger partial charge < -0.3 is 15.5 Å². The third-order valence-electron chi connectivity index (χ3n) is 3.71. The Morgan fingerprint density at radius 3 is 2.42 bits per heavy atom. The summed E-state index contributed by atoms with van der Waals surface area (Å²) in [6.45, 7) is 2.89. The van der Waals surface area contributed by atoms with E-state index < -0.39 is 0 Å². The van der Waals surface area contributed by atoms with Crippen molar-refractivity contribution in [1.82, 2.24) is 15.5 Å². The summed E-state index contributed by atoms with van der Waals surface area (Å²) in [7, 11) is 4.17. The lowest BCUT2D eigenvalue weighted by atomic mass is 10.1. The molecule has 0 heterocycles. The molecular formula is C15H31N3O. The highest BCUT2D eigenvalue weighted by molar-refractivity contribution is 5.76. The molecule has 4 heteroatoms. The second kappa shape index (κ2) is 10.2. The van der Waals surface area contributed by atoms with Gasteiger partial charge in [0.1, 0.15) is 0 Å². The van der Waals surface area contributed by atoms with Crippen LogP contribution >= 0.6 is 0 Å². The van der Waals surface area contributed by atoms with Crippen molar-refractivity contribution in [3.8, 4) is 0 Å². The van der Waals surface area contributed by atoms with Gasteiger partial charge in [-0.25, -0.2) is 0 Å². The zero-order valence-corrected chi connectivity index (χ0v) is 12.7. The number of hydrogen-bond acceptors (Lipinski definition) is 3. The van der Waals surface area contributed by atoms with E-state index in [4.69, 9.17) is 0 Å².